The van der Waals surface area contributed by atoms with Crippen molar-refractivity contribution in [1.29, 1.82) is 0 Å². The van der Waals surface area contributed by atoms with Crippen LogP contribution in [0.1, 0.15) is 39.2 Å². The Morgan fingerprint density at radius 2 is 1.83 bits per heavy atom. The van der Waals surface area contributed by atoms with Crippen LogP contribution in [0.4, 0.5) is 23.7 Å². The van der Waals surface area contributed by atoms with Gasteiger partial charge in [0.05, 0.1) is 11.1 Å². The third kappa shape index (κ3) is 6.05. The van der Waals surface area contributed by atoms with E-state index in [9.17, 15) is 18.0 Å². The van der Waals surface area contributed by atoms with Crippen LogP contribution >= 0.6 is 0 Å². The van der Waals surface area contributed by atoms with E-state index in [-0.39, 0.29) is 17.7 Å². The molecule has 3 aromatic rings. The van der Waals surface area contributed by atoms with Crippen LogP contribution in [0, 0.1) is 5.92 Å². The van der Waals surface area contributed by atoms with Gasteiger partial charge in [0.2, 0.25) is 0 Å². The summed E-state index contributed by atoms with van der Waals surface area (Å²) in [7, 11) is 0. The number of anilines is 1. The maximum Gasteiger partial charge on any atom is 0.418 e. The molecule has 5 nitrogen and oxygen atoms in total. The van der Waals surface area contributed by atoms with Gasteiger partial charge in [-0.15, -0.1) is 0 Å². The summed E-state index contributed by atoms with van der Waals surface area (Å²) in [4.78, 5) is 18.2. The predicted octanol–water partition coefficient (Wildman–Crippen LogP) is 6.98. The van der Waals surface area contributed by atoms with Crippen molar-refractivity contribution in [3.8, 4) is 11.1 Å². The van der Waals surface area contributed by atoms with Gasteiger partial charge in [-0.3, -0.25) is 4.98 Å². The molecule has 1 N–H and O–H groups in total. The molecule has 0 unspecified atom stereocenters. The first-order valence-electron chi connectivity index (χ1n) is 11.8. The first-order valence-corrected chi connectivity index (χ1v) is 11.8. The maximum absolute atomic E-state index is 14.0. The molecule has 1 amide bonds. The zero-order valence-electron chi connectivity index (χ0n) is 20.2. The Labute approximate surface area is 203 Å². The molecular weight excluding hydrogens is 455 g/mol. The topological polar surface area (TPSA) is 54.5 Å². The Morgan fingerprint density at radius 3 is 2.51 bits per heavy atom. The van der Waals surface area contributed by atoms with Crippen molar-refractivity contribution < 1.29 is 22.7 Å². The van der Waals surface area contributed by atoms with Gasteiger partial charge >= 0.3 is 12.3 Å². The van der Waals surface area contributed by atoms with Gasteiger partial charge in [-0.1, -0.05) is 24.3 Å². The lowest BCUT2D eigenvalue weighted by Gasteiger charge is -2.33. The second kappa shape index (κ2) is 9.76. The lowest BCUT2D eigenvalue weighted by Crippen LogP contribution is -2.42. The maximum atomic E-state index is 14.0. The lowest BCUT2D eigenvalue weighted by atomic mass is 9.95. The fourth-order valence-electron chi connectivity index (χ4n) is 4.36. The lowest BCUT2D eigenvalue weighted by molar-refractivity contribution is -0.136. The number of nitrogens with one attached hydrogen (secondary N) is 1. The van der Waals surface area contributed by atoms with Crippen LogP contribution in [0.2, 0.25) is 0 Å². The molecule has 1 saturated heterocycles. The summed E-state index contributed by atoms with van der Waals surface area (Å²) in [5, 5.41) is 3.83. The Bertz CT molecular complexity index is 1190. The molecule has 0 aliphatic carbocycles. The molecule has 186 valence electrons. The Balaban J connectivity index is 1.47. The largest absolute Gasteiger partial charge is 0.444 e. The number of benzene rings is 2. The zero-order chi connectivity index (χ0) is 25.2. The van der Waals surface area contributed by atoms with E-state index in [4.69, 9.17) is 4.74 Å². The third-order valence-corrected chi connectivity index (χ3v) is 6.13. The van der Waals surface area contributed by atoms with Crippen LogP contribution in [0.5, 0.6) is 0 Å². The highest BCUT2D eigenvalue weighted by Gasteiger charge is 2.34. The normalized spacial score (nSPS) is 15.3. The Kier molecular flexibility index (Phi) is 6.92. The van der Waals surface area contributed by atoms with E-state index in [2.05, 4.69) is 10.3 Å². The highest BCUT2D eigenvalue weighted by atomic mass is 19.4. The monoisotopic (exact) mass is 485 g/mol. The van der Waals surface area contributed by atoms with Crippen molar-refractivity contribution in [2.75, 3.05) is 25.0 Å². The van der Waals surface area contributed by atoms with Crippen LogP contribution < -0.4 is 5.32 Å². The number of alkyl halides is 3. The summed E-state index contributed by atoms with van der Waals surface area (Å²) in [6.07, 6.45) is -1.77. The number of nitrogens with zero attached hydrogens (tertiary/aromatic N) is 2. The zero-order valence-corrected chi connectivity index (χ0v) is 20.2. The number of halogens is 3. The van der Waals surface area contributed by atoms with Gasteiger partial charge in [0.25, 0.3) is 0 Å². The first kappa shape index (κ1) is 24.8. The number of piperidine rings is 1. The van der Waals surface area contributed by atoms with Crippen molar-refractivity contribution in [3.05, 3.63) is 60.3 Å². The number of amides is 1. The van der Waals surface area contributed by atoms with Crippen LogP contribution in [0.15, 0.2) is 54.7 Å². The number of fused-ring (bicyclic) bond motifs is 1. The minimum absolute atomic E-state index is 0.0641. The molecule has 1 fully saturated rings. The number of hydrogen-bond acceptors (Lipinski definition) is 4. The number of rotatable bonds is 4. The standard InChI is InChI=1S/C27H30F3N3O2/c1-26(2,3)35-25(34)33-14-11-18(12-15-33)17-32-24-10-9-19(16-22(24)27(28,29)30)20-6-4-8-23-21(20)7-5-13-31-23/h4-10,13,16,18,32H,11-12,14-15,17H2,1-3H3. The van der Waals surface area contributed by atoms with Crippen molar-refractivity contribution in [2.45, 2.75) is 45.4 Å². The summed E-state index contributed by atoms with van der Waals surface area (Å²) in [5.41, 5.74) is 0.752. The number of hydrogen-bond donors (Lipinski definition) is 1. The number of carbonyl (C=O) groups is 1. The van der Waals surface area contributed by atoms with E-state index in [0.717, 1.165) is 10.9 Å². The van der Waals surface area contributed by atoms with E-state index in [1.165, 1.54) is 12.1 Å². The number of pyridine rings is 1. The number of ether oxygens (including phenoxy) is 1. The molecule has 0 radical (unpaired) electrons. The number of aromatic nitrogens is 1. The summed E-state index contributed by atoms with van der Waals surface area (Å²) in [5.74, 6) is 0.165. The molecule has 1 aromatic heterocycles. The average Bonchev–Trinajstić information content (AvgIpc) is 2.81. The molecule has 0 saturated carbocycles. The SMILES string of the molecule is CC(C)(C)OC(=O)N1CCC(CNc2ccc(-c3cccc4ncccc34)cc2C(F)(F)F)CC1. The number of likely N-dealkylation sites (tertiary alicyclic amines) is 1. The van der Waals surface area contributed by atoms with Gasteiger partial charge in [-0.05, 0) is 74.9 Å². The van der Waals surface area contributed by atoms with Gasteiger partial charge in [0.15, 0.2) is 0 Å². The summed E-state index contributed by atoms with van der Waals surface area (Å²) in [6, 6.07) is 13.5. The molecule has 4 rings (SSSR count). The molecule has 0 bridgehead atoms. The van der Waals surface area contributed by atoms with E-state index in [1.807, 2.05) is 39.0 Å². The molecule has 0 spiro atoms. The van der Waals surface area contributed by atoms with Gasteiger partial charge in [-0.25, -0.2) is 4.79 Å². The second-order valence-electron chi connectivity index (χ2n) is 9.93. The van der Waals surface area contributed by atoms with Crippen molar-refractivity contribution >= 4 is 22.7 Å². The second-order valence-corrected chi connectivity index (χ2v) is 9.93. The van der Waals surface area contributed by atoms with Crippen LogP contribution in [-0.2, 0) is 10.9 Å². The molecule has 2 aromatic carbocycles. The summed E-state index contributed by atoms with van der Waals surface area (Å²) < 4.78 is 47.4. The molecule has 2 heterocycles. The van der Waals surface area contributed by atoms with Crippen LogP contribution in [0.3, 0.4) is 0 Å². The van der Waals surface area contributed by atoms with Gasteiger partial charge in [-0.2, -0.15) is 13.2 Å². The van der Waals surface area contributed by atoms with E-state index in [0.29, 0.717) is 43.6 Å². The minimum atomic E-state index is -4.50. The highest BCUT2D eigenvalue weighted by molar-refractivity contribution is 5.94. The molecule has 0 atom stereocenters. The van der Waals surface area contributed by atoms with E-state index >= 15 is 0 Å². The van der Waals surface area contributed by atoms with E-state index < -0.39 is 17.3 Å². The van der Waals surface area contributed by atoms with E-state index in [1.54, 1.807) is 29.3 Å². The van der Waals surface area contributed by atoms with Gasteiger partial charge in [0.1, 0.15) is 5.60 Å². The van der Waals surface area contributed by atoms with Crippen molar-refractivity contribution in [3.63, 3.8) is 0 Å². The quantitative estimate of drug-likeness (QED) is 0.433. The Morgan fingerprint density at radius 1 is 1.09 bits per heavy atom. The van der Waals surface area contributed by atoms with Crippen LogP contribution in [-0.4, -0.2) is 41.2 Å². The third-order valence-electron chi connectivity index (χ3n) is 6.13. The number of carbonyl (C=O) groups excluding carboxylic acids is 1. The summed E-state index contributed by atoms with van der Waals surface area (Å²) >= 11 is 0. The van der Waals surface area contributed by atoms with Gasteiger partial charge < -0.3 is 15.0 Å². The molecular formula is C27H30F3N3O2. The van der Waals surface area contributed by atoms with Crippen molar-refractivity contribution in [2.24, 2.45) is 5.92 Å². The Hall–Kier alpha value is -3.29. The van der Waals surface area contributed by atoms with Crippen LogP contribution in [0.25, 0.3) is 22.0 Å². The molecule has 35 heavy (non-hydrogen) atoms. The van der Waals surface area contributed by atoms with Crippen molar-refractivity contribution in [1.82, 2.24) is 9.88 Å². The average molecular weight is 486 g/mol. The smallest absolute Gasteiger partial charge is 0.418 e. The van der Waals surface area contributed by atoms with Gasteiger partial charge in [0, 0.05) is 36.9 Å². The highest BCUT2D eigenvalue weighted by Crippen LogP contribution is 2.39. The summed E-state index contributed by atoms with van der Waals surface area (Å²) in [6.45, 7) is 6.93. The first-order chi connectivity index (χ1) is 16.5. The molecule has 1 aliphatic heterocycles. The minimum Gasteiger partial charge on any atom is -0.444 e. The molecule has 1 aliphatic rings. The fourth-order valence-corrected chi connectivity index (χ4v) is 4.36. The fraction of sp³-hybridized carbons (Fsp3) is 0.407. The predicted molar refractivity (Wildman–Crippen MR) is 131 cm³/mol. The molecule has 8 heteroatoms.